The number of amides is 1. The molecule has 1 amide bonds. The van der Waals surface area contributed by atoms with Gasteiger partial charge in [-0.25, -0.2) is 9.97 Å². The van der Waals surface area contributed by atoms with Crippen LogP contribution < -0.4 is 15.9 Å². The molecule has 0 saturated carbocycles. The predicted molar refractivity (Wildman–Crippen MR) is 108 cm³/mol. The number of anilines is 1. The van der Waals surface area contributed by atoms with Crippen LogP contribution in [0.2, 0.25) is 0 Å². The highest BCUT2D eigenvalue weighted by atomic mass is 16.2. The molecule has 2 aromatic heterocycles. The Labute approximate surface area is 169 Å². The van der Waals surface area contributed by atoms with Crippen molar-refractivity contribution in [2.24, 2.45) is 5.92 Å². The third-order valence-electron chi connectivity index (χ3n) is 3.92. The Morgan fingerprint density at radius 3 is 2.69 bits per heavy atom. The summed E-state index contributed by atoms with van der Waals surface area (Å²) >= 11 is 0. The maximum atomic E-state index is 12.9. The van der Waals surface area contributed by atoms with E-state index in [4.69, 9.17) is 13.1 Å². The second kappa shape index (κ2) is 8.52. The number of rotatable bonds is 6. The molecule has 1 N–H and O–H groups in total. The van der Waals surface area contributed by atoms with Crippen molar-refractivity contribution in [3.05, 3.63) is 53.7 Å². The molecule has 0 saturated heterocycles. The molecule has 144 valence electrons. The van der Waals surface area contributed by atoms with Gasteiger partial charge in [-0.1, -0.05) is 32.0 Å². The van der Waals surface area contributed by atoms with Crippen LogP contribution in [-0.2, 0) is 0 Å². The maximum Gasteiger partial charge on any atom is 0.292 e. The first-order valence-electron chi connectivity index (χ1n) is 8.99. The molecule has 29 heavy (non-hydrogen) atoms. The fourth-order valence-electron chi connectivity index (χ4n) is 2.64. The standard InChI is InChI=1S/C19H19BN8O/c1-12(2)11-27(18-15(20)10-22-16(9-21)23-18)26-19(29)17-13(3)24-28(25-17)14-7-5-4-6-8-14/h4-8,10,12H,11H2,1-3H3,(H,26,29). The predicted octanol–water partition coefficient (Wildman–Crippen LogP) is 0.839. The average Bonchev–Trinajstić information content (AvgIpc) is 3.10. The van der Waals surface area contributed by atoms with Gasteiger partial charge in [0, 0.05) is 12.7 Å². The molecule has 0 spiro atoms. The van der Waals surface area contributed by atoms with E-state index in [1.807, 2.05) is 50.2 Å². The summed E-state index contributed by atoms with van der Waals surface area (Å²) in [4.78, 5) is 22.3. The van der Waals surface area contributed by atoms with Crippen molar-refractivity contribution in [2.75, 3.05) is 11.6 Å². The number of hydrazine groups is 1. The lowest BCUT2D eigenvalue weighted by molar-refractivity contribution is 0.0941. The number of nitrogens with one attached hydrogen (secondary N) is 1. The molecule has 0 bridgehead atoms. The summed E-state index contributed by atoms with van der Waals surface area (Å²) in [7, 11) is 5.99. The lowest BCUT2D eigenvalue weighted by Gasteiger charge is -2.27. The molecule has 0 atom stereocenters. The van der Waals surface area contributed by atoms with Crippen LogP contribution in [-0.4, -0.2) is 45.3 Å². The Kier molecular flexibility index (Phi) is 5.88. The number of hydrogen-bond donors (Lipinski definition) is 1. The van der Waals surface area contributed by atoms with Crippen LogP contribution in [0.4, 0.5) is 5.82 Å². The first-order valence-corrected chi connectivity index (χ1v) is 8.99. The van der Waals surface area contributed by atoms with Crippen molar-refractivity contribution in [3.63, 3.8) is 0 Å². The van der Waals surface area contributed by atoms with E-state index in [-0.39, 0.29) is 28.7 Å². The molecular formula is C19H19BN8O. The van der Waals surface area contributed by atoms with Gasteiger partial charge >= 0.3 is 0 Å². The molecule has 0 fully saturated rings. The van der Waals surface area contributed by atoms with Gasteiger partial charge in [-0.05, 0) is 30.4 Å². The van der Waals surface area contributed by atoms with E-state index in [2.05, 4.69) is 25.6 Å². The maximum absolute atomic E-state index is 12.9. The van der Waals surface area contributed by atoms with Crippen molar-refractivity contribution in [2.45, 2.75) is 20.8 Å². The number of hydrogen-bond acceptors (Lipinski definition) is 7. The van der Waals surface area contributed by atoms with E-state index < -0.39 is 5.91 Å². The number of benzene rings is 1. The third-order valence-corrected chi connectivity index (χ3v) is 3.92. The van der Waals surface area contributed by atoms with E-state index >= 15 is 0 Å². The van der Waals surface area contributed by atoms with Crippen LogP contribution >= 0.6 is 0 Å². The molecule has 2 radical (unpaired) electrons. The van der Waals surface area contributed by atoms with E-state index in [9.17, 15) is 4.79 Å². The summed E-state index contributed by atoms with van der Waals surface area (Å²) in [5.74, 6) is -0.0618. The summed E-state index contributed by atoms with van der Waals surface area (Å²) in [6.07, 6.45) is 1.34. The minimum atomic E-state index is -0.457. The minimum Gasteiger partial charge on any atom is -0.268 e. The van der Waals surface area contributed by atoms with Crippen molar-refractivity contribution in [3.8, 4) is 11.8 Å². The number of nitriles is 1. The zero-order valence-corrected chi connectivity index (χ0v) is 16.4. The van der Waals surface area contributed by atoms with E-state index in [1.54, 1.807) is 6.92 Å². The lowest BCUT2D eigenvalue weighted by Crippen LogP contribution is -2.47. The van der Waals surface area contributed by atoms with Crippen LogP contribution in [0.25, 0.3) is 5.69 Å². The second-order valence-electron chi connectivity index (χ2n) is 6.79. The molecule has 3 rings (SSSR count). The number of aromatic nitrogens is 5. The summed E-state index contributed by atoms with van der Waals surface area (Å²) in [5, 5.41) is 19.2. The fourth-order valence-corrected chi connectivity index (χ4v) is 2.64. The number of nitrogens with zero attached hydrogens (tertiary/aromatic N) is 7. The smallest absolute Gasteiger partial charge is 0.268 e. The zero-order chi connectivity index (χ0) is 21.0. The highest BCUT2D eigenvalue weighted by Gasteiger charge is 2.21. The Balaban J connectivity index is 1.90. The Morgan fingerprint density at radius 1 is 1.31 bits per heavy atom. The van der Waals surface area contributed by atoms with Crippen molar-refractivity contribution >= 4 is 25.0 Å². The Hall–Kier alpha value is -3.74. The largest absolute Gasteiger partial charge is 0.292 e. The van der Waals surface area contributed by atoms with Gasteiger partial charge in [0.25, 0.3) is 5.91 Å². The van der Waals surface area contributed by atoms with Crippen LogP contribution in [0.1, 0.15) is 35.9 Å². The normalized spacial score (nSPS) is 10.6. The molecule has 0 aliphatic carbocycles. The van der Waals surface area contributed by atoms with Gasteiger partial charge in [0.2, 0.25) is 5.82 Å². The fraction of sp³-hybridized carbons (Fsp3) is 0.263. The lowest BCUT2D eigenvalue weighted by atomic mass is 9.98. The highest BCUT2D eigenvalue weighted by molar-refractivity contribution is 6.35. The van der Waals surface area contributed by atoms with Crippen LogP contribution in [0.5, 0.6) is 0 Å². The van der Waals surface area contributed by atoms with Gasteiger partial charge in [-0.15, -0.1) is 5.10 Å². The molecule has 0 unspecified atom stereocenters. The van der Waals surface area contributed by atoms with E-state index in [1.165, 1.54) is 16.0 Å². The molecule has 10 heteroatoms. The van der Waals surface area contributed by atoms with Gasteiger partial charge < -0.3 is 0 Å². The van der Waals surface area contributed by atoms with Gasteiger partial charge in [0.1, 0.15) is 19.7 Å². The Bertz CT molecular complexity index is 1060. The van der Waals surface area contributed by atoms with Gasteiger partial charge in [-0.2, -0.15) is 15.2 Å². The Morgan fingerprint density at radius 2 is 2.03 bits per heavy atom. The van der Waals surface area contributed by atoms with E-state index in [0.29, 0.717) is 12.2 Å². The molecule has 2 heterocycles. The monoisotopic (exact) mass is 386 g/mol. The molecule has 0 aliphatic rings. The SMILES string of the molecule is [B]c1cnc(C#N)nc1N(CC(C)C)NC(=O)c1nn(-c2ccccc2)nc1C. The van der Waals surface area contributed by atoms with Crippen molar-refractivity contribution < 1.29 is 4.79 Å². The first-order chi connectivity index (χ1) is 13.9. The van der Waals surface area contributed by atoms with Gasteiger partial charge in [0.05, 0.1) is 11.4 Å². The third kappa shape index (κ3) is 4.58. The second-order valence-corrected chi connectivity index (χ2v) is 6.79. The molecule has 0 aliphatic heterocycles. The summed E-state index contributed by atoms with van der Waals surface area (Å²) < 4.78 is 0. The molecule has 9 nitrogen and oxygen atoms in total. The average molecular weight is 386 g/mol. The van der Waals surface area contributed by atoms with Gasteiger partial charge in [-0.3, -0.25) is 15.2 Å². The number of aryl methyl sites for hydroxylation is 1. The van der Waals surface area contributed by atoms with Crippen molar-refractivity contribution in [1.29, 1.82) is 5.26 Å². The number of carbonyl (C=O) groups excluding carboxylic acids is 1. The van der Waals surface area contributed by atoms with Crippen molar-refractivity contribution in [1.82, 2.24) is 30.4 Å². The zero-order valence-electron chi connectivity index (χ0n) is 16.4. The first kappa shape index (κ1) is 20.0. The van der Waals surface area contributed by atoms with Crippen LogP contribution in [0.3, 0.4) is 0 Å². The molecule has 1 aromatic carbocycles. The highest BCUT2D eigenvalue weighted by Crippen LogP contribution is 2.11. The topological polar surface area (TPSA) is 113 Å². The number of carbonyl (C=O) groups is 1. The summed E-state index contributed by atoms with van der Waals surface area (Å²) in [5.41, 5.74) is 4.42. The van der Waals surface area contributed by atoms with Crippen LogP contribution in [0, 0.1) is 24.2 Å². The van der Waals surface area contributed by atoms with E-state index in [0.717, 1.165) is 5.69 Å². The van der Waals surface area contributed by atoms with Gasteiger partial charge in [0.15, 0.2) is 5.69 Å². The summed E-state index contributed by atoms with van der Waals surface area (Å²) in [6, 6.07) is 11.2. The van der Waals surface area contributed by atoms with Crippen LogP contribution in [0.15, 0.2) is 36.5 Å². The quantitative estimate of drug-likeness (QED) is 0.493. The number of para-hydroxylation sites is 1. The minimum absolute atomic E-state index is 0.0385. The molecule has 3 aromatic rings. The molecular weight excluding hydrogens is 367 g/mol. The summed E-state index contributed by atoms with van der Waals surface area (Å²) in [6.45, 7) is 6.10.